The second-order valence-electron chi connectivity index (χ2n) is 8.92. The number of nitrogens with zero attached hydrogens (tertiary/aromatic N) is 1. The zero-order valence-electron chi connectivity index (χ0n) is 19.3. The molecule has 0 aromatic heterocycles. The second-order valence-corrected chi connectivity index (χ2v) is 10.3. The molecule has 6 atom stereocenters. The third-order valence-electron chi connectivity index (χ3n) is 6.71. The molecule has 0 aliphatic carbocycles. The van der Waals surface area contributed by atoms with Gasteiger partial charge in [0.05, 0.1) is 31.2 Å². The third kappa shape index (κ3) is 4.37. The number of methoxy groups -OCH3 is 1. The van der Waals surface area contributed by atoms with E-state index in [-0.39, 0.29) is 46.0 Å². The molecule has 0 spiro atoms. The molecule has 2 fully saturated rings. The van der Waals surface area contributed by atoms with Crippen molar-refractivity contribution in [3.63, 3.8) is 0 Å². The number of aromatic carboxylic acids is 1. The molecule has 1 aromatic carbocycles. The number of hydrogen-bond acceptors (Lipinski definition) is 8. The van der Waals surface area contributed by atoms with Crippen LogP contribution in [0.1, 0.15) is 30.6 Å². The van der Waals surface area contributed by atoms with Gasteiger partial charge >= 0.3 is 11.9 Å². The molecule has 12 heteroatoms. The molecule has 4 rings (SSSR count). The average Bonchev–Trinajstić information content (AvgIpc) is 3.35. The lowest BCUT2D eigenvalue weighted by Crippen LogP contribution is -2.63. The fraction of sp³-hybridized carbons (Fsp3) is 0.478. The van der Waals surface area contributed by atoms with Gasteiger partial charge in [-0.1, -0.05) is 6.92 Å². The number of carbonyl (C=O) groups is 4. The largest absolute Gasteiger partial charge is 0.496 e. The molecule has 0 saturated carbocycles. The van der Waals surface area contributed by atoms with Crippen LogP contribution in [0, 0.1) is 11.8 Å². The zero-order valence-corrected chi connectivity index (χ0v) is 20.2. The number of carbonyl (C=O) groups excluding carboxylic acids is 2. The van der Waals surface area contributed by atoms with E-state index in [1.54, 1.807) is 6.07 Å². The number of carboxylic acid groups (broad SMARTS) is 2. The first-order chi connectivity index (χ1) is 16.5. The maximum atomic E-state index is 12.8. The molecular weight excluding hydrogens is 478 g/mol. The number of ether oxygens (including phenoxy) is 1. The normalized spacial score (nSPS) is 28.4. The van der Waals surface area contributed by atoms with E-state index >= 15 is 0 Å². The fourth-order valence-electron chi connectivity index (χ4n) is 5.03. The van der Waals surface area contributed by atoms with Crippen LogP contribution in [0.15, 0.2) is 28.8 Å². The number of carboxylic acids is 2. The summed E-state index contributed by atoms with van der Waals surface area (Å²) in [6.45, 7) is 3.84. The molecule has 5 N–H and O–H groups in total. The number of benzene rings is 1. The SMILES string of the molecule is COc1ccc(NC(=O)C2CC(SC3=C(C(=O)O)N4C(=O)C(C(C)O)C4C3C)CN2)cc1C(=O)O. The summed E-state index contributed by atoms with van der Waals surface area (Å²) in [6, 6.07) is 3.39. The van der Waals surface area contributed by atoms with E-state index in [1.807, 2.05) is 6.92 Å². The third-order valence-corrected chi connectivity index (χ3v) is 8.22. The van der Waals surface area contributed by atoms with Gasteiger partial charge in [-0.15, -0.1) is 11.8 Å². The smallest absolute Gasteiger partial charge is 0.353 e. The number of thioether (sulfide) groups is 1. The lowest BCUT2D eigenvalue weighted by Gasteiger charge is -2.46. The minimum atomic E-state index is -1.19. The Bertz CT molecular complexity index is 1120. The van der Waals surface area contributed by atoms with Gasteiger partial charge in [-0.3, -0.25) is 9.59 Å². The number of nitrogens with one attached hydrogen (secondary N) is 2. The Hall–Kier alpha value is -3.09. The molecule has 0 radical (unpaired) electrons. The van der Waals surface area contributed by atoms with Crippen molar-refractivity contribution in [3.05, 3.63) is 34.4 Å². The quantitative estimate of drug-likeness (QED) is 0.321. The molecule has 188 valence electrons. The first-order valence-electron chi connectivity index (χ1n) is 11.2. The van der Waals surface area contributed by atoms with Gasteiger partial charge in [0.25, 0.3) is 0 Å². The maximum absolute atomic E-state index is 12.8. The molecule has 1 aromatic rings. The van der Waals surface area contributed by atoms with E-state index in [4.69, 9.17) is 4.74 Å². The summed E-state index contributed by atoms with van der Waals surface area (Å²) in [5.74, 6) is -3.78. The van der Waals surface area contributed by atoms with Gasteiger partial charge in [0.2, 0.25) is 11.8 Å². The van der Waals surface area contributed by atoms with E-state index in [2.05, 4.69) is 10.6 Å². The van der Waals surface area contributed by atoms with E-state index in [1.165, 1.54) is 42.8 Å². The monoisotopic (exact) mass is 505 g/mol. The predicted octanol–water partition coefficient (Wildman–Crippen LogP) is 0.949. The first kappa shape index (κ1) is 25.0. The lowest BCUT2D eigenvalue weighted by atomic mass is 9.79. The number of aliphatic hydroxyl groups excluding tert-OH is 1. The minimum absolute atomic E-state index is 0.0401. The standard InChI is InChI=1S/C23H27N3O8S/c1-9-17-16(10(2)27)21(29)26(17)18(23(32)33)19(9)35-12-7-14(24-8-12)20(28)25-11-4-5-15(34-3)13(6-11)22(30)31/h4-6,9-10,12,14,16-17,24,27H,7-8H2,1-3H3,(H,25,28)(H,30,31)(H,32,33). The highest BCUT2D eigenvalue weighted by molar-refractivity contribution is 8.03. The predicted molar refractivity (Wildman–Crippen MR) is 126 cm³/mol. The molecule has 6 unspecified atom stereocenters. The van der Waals surface area contributed by atoms with Crippen molar-refractivity contribution < 1.29 is 39.2 Å². The summed E-state index contributed by atoms with van der Waals surface area (Å²) in [5, 5.41) is 34.8. The molecule has 35 heavy (non-hydrogen) atoms. The number of anilines is 1. The van der Waals surface area contributed by atoms with Crippen molar-refractivity contribution in [3.8, 4) is 5.75 Å². The van der Waals surface area contributed by atoms with Crippen molar-refractivity contribution in [1.29, 1.82) is 0 Å². The molecule has 2 amide bonds. The lowest BCUT2D eigenvalue weighted by molar-refractivity contribution is -0.163. The Kier molecular flexibility index (Phi) is 6.80. The van der Waals surface area contributed by atoms with Crippen LogP contribution < -0.4 is 15.4 Å². The van der Waals surface area contributed by atoms with E-state index < -0.39 is 30.0 Å². The van der Waals surface area contributed by atoms with Crippen LogP contribution in [0.3, 0.4) is 0 Å². The van der Waals surface area contributed by atoms with Crippen molar-refractivity contribution in [2.75, 3.05) is 19.0 Å². The number of aliphatic hydroxyl groups is 1. The molecule has 3 aliphatic rings. The van der Waals surface area contributed by atoms with Gasteiger partial charge in [-0.05, 0) is 31.5 Å². The number of amides is 2. The number of aliphatic carboxylic acids is 1. The molecular formula is C23H27N3O8S. The van der Waals surface area contributed by atoms with Crippen molar-refractivity contribution in [1.82, 2.24) is 10.2 Å². The van der Waals surface area contributed by atoms with Gasteiger partial charge in [0.15, 0.2) is 0 Å². The summed E-state index contributed by atoms with van der Waals surface area (Å²) in [4.78, 5) is 50.6. The molecule has 2 saturated heterocycles. The Morgan fingerprint density at radius 3 is 2.57 bits per heavy atom. The summed E-state index contributed by atoms with van der Waals surface area (Å²) in [7, 11) is 1.36. The molecule has 3 aliphatic heterocycles. The van der Waals surface area contributed by atoms with Gasteiger partial charge in [-0.25, -0.2) is 9.59 Å². The highest BCUT2D eigenvalue weighted by atomic mass is 32.2. The summed E-state index contributed by atoms with van der Waals surface area (Å²) >= 11 is 1.35. The van der Waals surface area contributed by atoms with Crippen LogP contribution in [-0.4, -0.2) is 81.1 Å². The fourth-order valence-corrected chi connectivity index (χ4v) is 6.51. The van der Waals surface area contributed by atoms with Crippen molar-refractivity contribution >= 4 is 41.2 Å². The summed E-state index contributed by atoms with van der Waals surface area (Å²) in [5.41, 5.74) is 0.205. The molecule has 3 heterocycles. The van der Waals surface area contributed by atoms with Crippen LogP contribution in [0.25, 0.3) is 0 Å². The Morgan fingerprint density at radius 2 is 1.97 bits per heavy atom. The number of hydrogen-bond donors (Lipinski definition) is 5. The van der Waals surface area contributed by atoms with E-state index in [0.717, 1.165) is 0 Å². The van der Waals surface area contributed by atoms with Crippen molar-refractivity contribution in [2.24, 2.45) is 11.8 Å². The van der Waals surface area contributed by atoms with Crippen LogP contribution in [0.5, 0.6) is 5.75 Å². The van der Waals surface area contributed by atoms with E-state index in [0.29, 0.717) is 23.6 Å². The Labute approximate surface area is 205 Å². The molecule has 0 bridgehead atoms. The molecule has 11 nitrogen and oxygen atoms in total. The Balaban J connectivity index is 1.43. The number of rotatable bonds is 8. The maximum Gasteiger partial charge on any atom is 0.353 e. The highest BCUT2D eigenvalue weighted by Gasteiger charge is 2.60. The average molecular weight is 506 g/mol. The van der Waals surface area contributed by atoms with Crippen LogP contribution in [-0.2, 0) is 14.4 Å². The topological polar surface area (TPSA) is 165 Å². The Morgan fingerprint density at radius 1 is 1.26 bits per heavy atom. The zero-order chi connectivity index (χ0) is 25.6. The second kappa shape index (κ2) is 9.51. The van der Waals surface area contributed by atoms with Gasteiger partial charge < -0.3 is 35.6 Å². The summed E-state index contributed by atoms with van der Waals surface area (Å²) in [6.07, 6.45) is -0.452. The van der Waals surface area contributed by atoms with Gasteiger partial charge in [0, 0.05) is 28.3 Å². The first-order valence-corrected chi connectivity index (χ1v) is 12.0. The van der Waals surface area contributed by atoms with Crippen LogP contribution in [0.2, 0.25) is 0 Å². The summed E-state index contributed by atoms with van der Waals surface area (Å²) < 4.78 is 5.03. The van der Waals surface area contributed by atoms with Crippen molar-refractivity contribution in [2.45, 2.75) is 43.7 Å². The number of β-lactam (4-membered cyclic amide) rings is 1. The number of fused-ring (bicyclic) bond motifs is 1. The minimum Gasteiger partial charge on any atom is -0.496 e. The van der Waals surface area contributed by atoms with E-state index in [9.17, 15) is 34.5 Å². The van der Waals surface area contributed by atoms with Gasteiger partial charge in [0.1, 0.15) is 17.0 Å². The van der Waals surface area contributed by atoms with Crippen LogP contribution >= 0.6 is 11.8 Å². The highest BCUT2D eigenvalue weighted by Crippen LogP contribution is 2.51. The van der Waals surface area contributed by atoms with Gasteiger partial charge in [-0.2, -0.15) is 0 Å². The van der Waals surface area contributed by atoms with Crippen LogP contribution in [0.4, 0.5) is 5.69 Å².